The molecule has 2 saturated carbocycles. The SMILES string of the molecule is CC(C)Cc1nc(-c2cnc(N)c(OC(F)(F)F)c2)cn1[C@H]1[C@@H]2CC(N3CCN(C)CC3)C[C@@H]21. The van der Waals surface area contributed by atoms with Gasteiger partial charge in [0.1, 0.15) is 5.82 Å². The summed E-state index contributed by atoms with van der Waals surface area (Å²) in [6, 6.07) is 2.37. The molecule has 0 amide bonds. The molecule has 3 aliphatic rings. The van der Waals surface area contributed by atoms with Gasteiger partial charge in [0.25, 0.3) is 0 Å². The maximum Gasteiger partial charge on any atom is 0.573 e. The van der Waals surface area contributed by atoms with Crippen LogP contribution in [0.3, 0.4) is 0 Å². The fourth-order valence-corrected chi connectivity index (χ4v) is 5.82. The first-order valence-corrected chi connectivity index (χ1v) is 12.1. The number of alkyl halides is 3. The number of hydrogen-bond donors (Lipinski definition) is 1. The van der Waals surface area contributed by atoms with Crippen LogP contribution in [0.25, 0.3) is 11.3 Å². The number of fused-ring (bicyclic) bond motifs is 1. The lowest BCUT2D eigenvalue weighted by Crippen LogP contribution is -2.48. The van der Waals surface area contributed by atoms with E-state index in [4.69, 9.17) is 10.7 Å². The Morgan fingerprint density at radius 3 is 2.44 bits per heavy atom. The fourth-order valence-electron chi connectivity index (χ4n) is 5.82. The number of imidazole rings is 1. The number of nitrogen functional groups attached to an aromatic ring is 1. The summed E-state index contributed by atoms with van der Waals surface area (Å²) >= 11 is 0. The van der Waals surface area contributed by atoms with Crippen LogP contribution in [0.15, 0.2) is 18.5 Å². The molecule has 2 N–H and O–H groups in total. The van der Waals surface area contributed by atoms with Gasteiger partial charge in [0.2, 0.25) is 0 Å². The molecular formula is C24H33F3N6O. The van der Waals surface area contributed by atoms with E-state index >= 15 is 0 Å². The van der Waals surface area contributed by atoms with E-state index in [9.17, 15) is 13.2 Å². The van der Waals surface area contributed by atoms with E-state index in [1.807, 2.05) is 6.20 Å². The van der Waals surface area contributed by atoms with Crippen molar-refractivity contribution in [3.05, 3.63) is 24.3 Å². The van der Waals surface area contributed by atoms with Crippen molar-refractivity contribution < 1.29 is 17.9 Å². The molecule has 34 heavy (non-hydrogen) atoms. The van der Waals surface area contributed by atoms with Crippen LogP contribution in [0.5, 0.6) is 5.75 Å². The third kappa shape index (κ3) is 4.75. The molecule has 2 aromatic heterocycles. The number of aromatic nitrogens is 3. The second-order valence-electron chi connectivity index (χ2n) is 10.5. The van der Waals surface area contributed by atoms with E-state index in [1.54, 1.807) is 0 Å². The topological polar surface area (TPSA) is 72.4 Å². The van der Waals surface area contributed by atoms with Gasteiger partial charge in [-0.3, -0.25) is 4.90 Å². The summed E-state index contributed by atoms with van der Waals surface area (Å²) in [7, 11) is 2.18. The molecule has 7 nitrogen and oxygen atoms in total. The Morgan fingerprint density at radius 2 is 1.82 bits per heavy atom. The Labute approximate surface area is 198 Å². The lowest BCUT2D eigenvalue weighted by atomic mass is 10.1. The zero-order valence-electron chi connectivity index (χ0n) is 19.9. The molecule has 0 radical (unpaired) electrons. The second kappa shape index (κ2) is 8.71. The molecule has 3 fully saturated rings. The van der Waals surface area contributed by atoms with Gasteiger partial charge in [-0.25, -0.2) is 9.97 Å². The number of nitrogens with zero attached hydrogens (tertiary/aromatic N) is 5. The third-order valence-electron chi connectivity index (χ3n) is 7.55. The minimum absolute atomic E-state index is 0.297. The summed E-state index contributed by atoms with van der Waals surface area (Å²) in [4.78, 5) is 13.8. The van der Waals surface area contributed by atoms with Gasteiger partial charge < -0.3 is 19.9 Å². The lowest BCUT2D eigenvalue weighted by molar-refractivity contribution is -0.274. The Bertz CT molecular complexity index is 1020. The van der Waals surface area contributed by atoms with Gasteiger partial charge >= 0.3 is 6.36 Å². The monoisotopic (exact) mass is 478 g/mol. The number of ether oxygens (including phenoxy) is 1. The lowest BCUT2D eigenvalue weighted by Gasteiger charge is -2.37. The van der Waals surface area contributed by atoms with E-state index in [0.29, 0.717) is 41.1 Å². The molecule has 3 heterocycles. The summed E-state index contributed by atoms with van der Waals surface area (Å²) in [5.74, 6) is 1.89. The van der Waals surface area contributed by atoms with Crippen LogP contribution in [-0.2, 0) is 6.42 Å². The number of halogens is 3. The zero-order chi connectivity index (χ0) is 24.2. The van der Waals surface area contributed by atoms with Crippen LogP contribution in [0.2, 0.25) is 0 Å². The molecule has 2 aliphatic carbocycles. The molecule has 10 heteroatoms. The summed E-state index contributed by atoms with van der Waals surface area (Å²) in [6.45, 7) is 8.85. The van der Waals surface area contributed by atoms with Crippen molar-refractivity contribution in [3.63, 3.8) is 0 Å². The van der Waals surface area contributed by atoms with Crippen molar-refractivity contribution in [2.75, 3.05) is 39.0 Å². The highest BCUT2D eigenvalue weighted by Crippen LogP contribution is 2.62. The maximum absolute atomic E-state index is 12.8. The number of likely N-dealkylation sites (N-methyl/N-ethyl adjacent to an activating group) is 1. The number of anilines is 1. The highest BCUT2D eigenvalue weighted by molar-refractivity contribution is 5.64. The highest BCUT2D eigenvalue weighted by Gasteiger charge is 2.58. The minimum atomic E-state index is -4.83. The van der Waals surface area contributed by atoms with E-state index < -0.39 is 12.1 Å². The first kappa shape index (κ1) is 23.4. The van der Waals surface area contributed by atoms with E-state index in [0.717, 1.165) is 38.4 Å². The third-order valence-corrected chi connectivity index (χ3v) is 7.55. The normalized spacial score (nSPS) is 27.9. The molecular weight excluding hydrogens is 445 g/mol. The van der Waals surface area contributed by atoms with Crippen molar-refractivity contribution in [3.8, 4) is 17.0 Å². The number of pyridine rings is 1. The molecule has 0 bridgehead atoms. The number of hydrogen-bond acceptors (Lipinski definition) is 6. The Kier molecular flexibility index (Phi) is 6.00. The smallest absolute Gasteiger partial charge is 0.402 e. The van der Waals surface area contributed by atoms with Crippen molar-refractivity contribution in [2.24, 2.45) is 17.8 Å². The van der Waals surface area contributed by atoms with Crippen LogP contribution < -0.4 is 10.5 Å². The first-order chi connectivity index (χ1) is 16.1. The van der Waals surface area contributed by atoms with E-state index in [1.165, 1.54) is 25.1 Å². The van der Waals surface area contributed by atoms with Crippen LogP contribution in [0, 0.1) is 17.8 Å². The molecule has 1 unspecified atom stereocenters. The van der Waals surface area contributed by atoms with E-state index in [-0.39, 0.29) is 5.82 Å². The van der Waals surface area contributed by atoms with Gasteiger partial charge in [0.05, 0.1) is 5.69 Å². The molecule has 0 spiro atoms. The number of piperazine rings is 1. The quantitative estimate of drug-likeness (QED) is 0.681. The summed E-state index contributed by atoms with van der Waals surface area (Å²) in [5, 5.41) is 0. The zero-order valence-corrected chi connectivity index (χ0v) is 19.9. The maximum atomic E-state index is 12.8. The molecule has 1 aliphatic heterocycles. The predicted molar refractivity (Wildman–Crippen MR) is 123 cm³/mol. The van der Waals surface area contributed by atoms with Gasteiger partial charge in [0.15, 0.2) is 11.6 Å². The molecule has 0 aromatic carbocycles. The Morgan fingerprint density at radius 1 is 1.15 bits per heavy atom. The van der Waals surface area contributed by atoms with Gasteiger partial charge in [-0.05, 0) is 43.7 Å². The fraction of sp³-hybridized carbons (Fsp3) is 0.667. The van der Waals surface area contributed by atoms with Crippen molar-refractivity contribution in [1.82, 2.24) is 24.3 Å². The van der Waals surface area contributed by atoms with Crippen LogP contribution in [0.1, 0.15) is 38.6 Å². The molecule has 1 saturated heterocycles. The standard InChI is InChI=1S/C24H33F3N6O/c1-14(2)8-21-30-19(15-9-20(23(28)29-12-15)34-24(25,26)27)13-33(21)22-17-10-16(11-18(17)22)32-6-4-31(3)5-7-32/h9,12-14,16-18,22H,4-8,10-11H2,1-3H3,(H2,28,29)/t16?,17-,18+,22+. The average Bonchev–Trinajstić information content (AvgIpc) is 3.08. The van der Waals surface area contributed by atoms with Gasteiger partial charge in [0, 0.05) is 62.6 Å². The number of rotatable bonds is 6. The average molecular weight is 479 g/mol. The van der Waals surface area contributed by atoms with Crippen LogP contribution in [0.4, 0.5) is 19.0 Å². The molecule has 2 aromatic rings. The van der Waals surface area contributed by atoms with Crippen molar-refractivity contribution in [2.45, 2.75) is 51.6 Å². The highest BCUT2D eigenvalue weighted by atomic mass is 19.4. The summed E-state index contributed by atoms with van der Waals surface area (Å²) in [5.41, 5.74) is 6.69. The van der Waals surface area contributed by atoms with Gasteiger partial charge in [-0.2, -0.15) is 0 Å². The van der Waals surface area contributed by atoms with Crippen molar-refractivity contribution in [1.29, 1.82) is 0 Å². The van der Waals surface area contributed by atoms with E-state index in [2.05, 4.69) is 45.0 Å². The summed E-state index contributed by atoms with van der Waals surface area (Å²) < 4.78 is 44.6. The Hall–Kier alpha value is -2.33. The minimum Gasteiger partial charge on any atom is -0.402 e. The number of nitrogens with two attached hydrogens (primary N) is 1. The largest absolute Gasteiger partial charge is 0.573 e. The second-order valence-corrected chi connectivity index (χ2v) is 10.5. The molecule has 4 atom stereocenters. The van der Waals surface area contributed by atoms with Gasteiger partial charge in [-0.1, -0.05) is 13.8 Å². The first-order valence-electron chi connectivity index (χ1n) is 12.1. The van der Waals surface area contributed by atoms with Gasteiger partial charge in [-0.15, -0.1) is 13.2 Å². The molecule has 186 valence electrons. The predicted octanol–water partition coefficient (Wildman–Crippen LogP) is 3.82. The van der Waals surface area contributed by atoms with Crippen molar-refractivity contribution >= 4 is 5.82 Å². The Balaban J connectivity index is 1.35. The van der Waals surface area contributed by atoms with Crippen LogP contribution >= 0.6 is 0 Å². The molecule has 5 rings (SSSR count). The summed E-state index contributed by atoms with van der Waals surface area (Å²) in [6.07, 6.45) is 1.84. The van der Waals surface area contributed by atoms with Crippen LogP contribution in [-0.4, -0.2) is 70.0 Å².